The Labute approximate surface area is 153 Å². The van der Waals surface area contributed by atoms with E-state index in [1.54, 1.807) is 24.3 Å². The number of nitrogens with zero attached hydrogens (tertiary/aromatic N) is 1. The Morgan fingerprint density at radius 2 is 1.85 bits per heavy atom. The summed E-state index contributed by atoms with van der Waals surface area (Å²) in [7, 11) is -4.85. The zero-order valence-electron chi connectivity index (χ0n) is 13.7. The van der Waals surface area contributed by atoms with Gasteiger partial charge in [0.2, 0.25) is 10.0 Å². The third-order valence-electron chi connectivity index (χ3n) is 3.16. The summed E-state index contributed by atoms with van der Waals surface area (Å²) in [5.74, 6) is -2.91. The molecule has 27 heavy (non-hydrogen) atoms. The predicted molar refractivity (Wildman–Crippen MR) is 89.2 cm³/mol. The fourth-order valence-electron chi connectivity index (χ4n) is 2.08. The predicted octanol–water partition coefficient (Wildman–Crippen LogP) is 2.76. The number of hydrogen-bond acceptors (Lipinski definition) is 5. The molecule has 1 amide bonds. The fraction of sp³-hybridized carbons (Fsp3) is 0.176. The normalized spacial score (nSPS) is 11.5. The van der Waals surface area contributed by atoms with Crippen molar-refractivity contribution in [1.29, 1.82) is 5.26 Å². The van der Waals surface area contributed by atoms with Gasteiger partial charge in [0, 0.05) is 5.56 Å². The summed E-state index contributed by atoms with van der Waals surface area (Å²) in [5.41, 5.74) is 0.751. The molecule has 0 saturated heterocycles. The number of nitriles is 1. The number of amides is 1. The van der Waals surface area contributed by atoms with Crippen molar-refractivity contribution in [3.05, 3.63) is 65.2 Å². The SMILES string of the molecule is N#Cc1cccc(OCc2cccc(C(=O)NS(=O)(=O)CC(F)(F)F)c2)c1. The van der Waals surface area contributed by atoms with Crippen molar-refractivity contribution >= 4 is 15.9 Å². The summed E-state index contributed by atoms with van der Waals surface area (Å²) in [6.07, 6.45) is -4.96. The van der Waals surface area contributed by atoms with Crippen LogP contribution in [0.25, 0.3) is 0 Å². The van der Waals surface area contributed by atoms with Gasteiger partial charge in [0.1, 0.15) is 12.4 Å². The van der Waals surface area contributed by atoms with Gasteiger partial charge in [-0.1, -0.05) is 18.2 Å². The first-order valence-electron chi connectivity index (χ1n) is 7.41. The third kappa shape index (κ3) is 6.63. The molecule has 0 unspecified atom stereocenters. The average molecular weight is 398 g/mol. The molecule has 2 aromatic rings. The molecule has 142 valence electrons. The topological polar surface area (TPSA) is 96.3 Å². The van der Waals surface area contributed by atoms with Crippen molar-refractivity contribution in [2.24, 2.45) is 0 Å². The number of hydrogen-bond donors (Lipinski definition) is 1. The number of benzene rings is 2. The second-order valence-electron chi connectivity index (χ2n) is 5.43. The molecule has 0 saturated carbocycles. The molecule has 0 atom stereocenters. The van der Waals surface area contributed by atoms with Crippen LogP contribution in [0.3, 0.4) is 0 Å². The van der Waals surface area contributed by atoms with Crippen LogP contribution < -0.4 is 9.46 Å². The molecule has 0 spiro atoms. The van der Waals surface area contributed by atoms with E-state index < -0.39 is 27.9 Å². The first kappa shape index (κ1) is 20.3. The van der Waals surface area contributed by atoms with E-state index >= 15 is 0 Å². The summed E-state index contributed by atoms with van der Waals surface area (Å²) in [5, 5.41) is 8.84. The number of nitrogens with one attached hydrogen (secondary N) is 1. The molecular formula is C17H13F3N2O4S. The van der Waals surface area contributed by atoms with Gasteiger partial charge in [-0.05, 0) is 35.9 Å². The first-order chi connectivity index (χ1) is 12.6. The minimum absolute atomic E-state index is 0.00526. The Hall–Kier alpha value is -3.06. The van der Waals surface area contributed by atoms with E-state index in [9.17, 15) is 26.4 Å². The van der Waals surface area contributed by atoms with E-state index in [-0.39, 0.29) is 12.2 Å². The highest BCUT2D eigenvalue weighted by Gasteiger charge is 2.36. The van der Waals surface area contributed by atoms with Crippen molar-refractivity contribution in [2.45, 2.75) is 12.8 Å². The molecule has 1 N–H and O–H groups in total. The number of ether oxygens (including phenoxy) is 1. The number of halogens is 3. The summed E-state index contributed by atoms with van der Waals surface area (Å²) in [6.45, 7) is 0.00526. The maximum Gasteiger partial charge on any atom is 0.404 e. The molecule has 0 aliphatic heterocycles. The Balaban J connectivity index is 2.06. The first-order valence-corrected chi connectivity index (χ1v) is 9.07. The van der Waals surface area contributed by atoms with Gasteiger partial charge in [0.05, 0.1) is 11.6 Å². The van der Waals surface area contributed by atoms with Gasteiger partial charge in [-0.15, -0.1) is 0 Å². The van der Waals surface area contributed by atoms with Gasteiger partial charge >= 0.3 is 6.18 Å². The van der Waals surface area contributed by atoms with E-state index in [4.69, 9.17) is 10.00 Å². The maximum absolute atomic E-state index is 12.2. The number of sulfonamides is 1. The molecule has 0 aliphatic carbocycles. The lowest BCUT2D eigenvalue weighted by Crippen LogP contribution is -2.37. The minimum Gasteiger partial charge on any atom is -0.489 e. The quantitative estimate of drug-likeness (QED) is 0.807. The van der Waals surface area contributed by atoms with Gasteiger partial charge < -0.3 is 4.74 Å². The van der Waals surface area contributed by atoms with Gasteiger partial charge in [0.25, 0.3) is 5.91 Å². The van der Waals surface area contributed by atoms with Crippen LogP contribution in [0.1, 0.15) is 21.5 Å². The largest absolute Gasteiger partial charge is 0.489 e. The van der Waals surface area contributed by atoms with Crippen molar-refractivity contribution < 1.29 is 31.1 Å². The van der Waals surface area contributed by atoms with E-state index in [1.165, 1.54) is 29.0 Å². The van der Waals surface area contributed by atoms with Crippen molar-refractivity contribution in [1.82, 2.24) is 4.72 Å². The molecule has 0 aromatic heterocycles. The Bertz CT molecular complexity index is 982. The maximum atomic E-state index is 12.2. The fourth-order valence-corrected chi connectivity index (χ4v) is 2.98. The van der Waals surface area contributed by atoms with Crippen molar-refractivity contribution in [2.75, 3.05) is 5.75 Å². The lowest BCUT2D eigenvalue weighted by atomic mass is 10.1. The summed E-state index contributed by atoms with van der Waals surface area (Å²) in [6, 6.07) is 13.9. The van der Waals surface area contributed by atoms with Crippen LogP contribution in [0, 0.1) is 11.3 Å². The molecule has 6 nitrogen and oxygen atoms in total. The van der Waals surface area contributed by atoms with E-state index in [0.717, 1.165) is 0 Å². The van der Waals surface area contributed by atoms with Crippen molar-refractivity contribution in [3.63, 3.8) is 0 Å². The van der Waals surface area contributed by atoms with E-state index in [2.05, 4.69) is 0 Å². The lowest BCUT2D eigenvalue weighted by Gasteiger charge is -2.10. The van der Waals surface area contributed by atoms with Crippen LogP contribution in [0.2, 0.25) is 0 Å². The van der Waals surface area contributed by atoms with Crippen LogP contribution in [0.5, 0.6) is 5.75 Å². The number of carbonyl (C=O) groups is 1. The average Bonchev–Trinajstić information content (AvgIpc) is 2.58. The summed E-state index contributed by atoms with van der Waals surface area (Å²) in [4.78, 5) is 11.9. The number of rotatable bonds is 6. The van der Waals surface area contributed by atoms with Gasteiger partial charge in [0.15, 0.2) is 5.75 Å². The second-order valence-corrected chi connectivity index (χ2v) is 7.16. The second kappa shape index (κ2) is 8.09. The highest BCUT2D eigenvalue weighted by atomic mass is 32.2. The number of carbonyl (C=O) groups excluding carboxylic acids is 1. The molecule has 2 aromatic carbocycles. The monoisotopic (exact) mass is 398 g/mol. The smallest absolute Gasteiger partial charge is 0.404 e. The van der Waals surface area contributed by atoms with Crippen LogP contribution in [-0.4, -0.2) is 26.3 Å². The van der Waals surface area contributed by atoms with Crippen LogP contribution in [0.4, 0.5) is 13.2 Å². The molecule has 0 radical (unpaired) electrons. The van der Waals surface area contributed by atoms with Crippen LogP contribution >= 0.6 is 0 Å². The molecule has 0 bridgehead atoms. The minimum atomic E-state index is -4.96. The standard InChI is InChI=1S/C17H13F3N2O4S/c18-17(19,20)11-27(24,25)22-16(23)14-5-1-4-13(7-14)10-26-15-6-2-3-12(8-15)9-21/h1-8H,10-11H2,(H,22,23). The van der Waals surface area contributed by atoms with Gasteiger partial charge in [-0.3, -0.25) is 4.79 Å². The third-order valence-corrected chi connectivity index (χ3v) is 4.36. The van der Waals surface area contributed by atoms with E-state index in [1.807, 2.05) is 6.07 Å². The zero-order chi connectivity index (χ0) is 20.1. The van der Waals surface area contributed by atoms with Crippen molar-refractivity contribution in [3.8, 4) is 11.8 Å². The Morgan fingerprint density at radius 1 is 1.15 bits per heavy atom. The zero-order valence-corrected chi connectivity index (χ0v) is 14.5. The van der Waals surface area contributed by atoms with Crippen LogP contribution in [0.15, 0.2) is 48.5 Å². The molecule has 0 fully saturated rings. The Kier molecular flexibility index (Phi) is 6.07. The number of alkyl halides is 3. The molecule has 0 aliphatic rings. The highest BCUT2D eigenvalue weighted by molar-refractivity contribution is 7.90. The molecule has 10 heteroatoms. The highest BCUT2D eigenvalue weighted by Crippen LogP contribution is 2.18. The Morgan fingerprint density at radius 3 is 2.52 bits per heavy atom. The van der Waals surface area contributed by atoms with Gasteiger partial charge in [-0.2, -0.15) is 18.4 Å². The summed E-state index contributed by atoms with van der Waals surface area (Å²) >= 11 is 0. The van der Waals surface area contributed by atoms with Gasteiger partial charge in [-0.25, -0.2) is 13.1 Å². The molecular weight excluding hydrogens is 385 g/mol. The summed E-state index contributed by atoms with van der Waals surface area (Å²) < 4.78 is 66.3. The molecule has 0 heterocycles. The van der Waals surface area contributed by atoms with E-state index in [0.29, 0.717) is 16.9 Å². The lowest BCUT2D eigenvalue weighted by molar-refractivity contribution is -0.106. The van der Waals surface area contributed by atoms with Crippen LogP contribution in [-0.2, 0) is 16.6 Å². The molecule has 2 rings (SSSR count).